The van der Waals surface area contributed by atoms with E-state index >= 15 is 0 Å². The topological polar surface area (TPSA) is 48.8 Å². The zero-order valence-electron chi connectivity index (χ0n) is 55.3. The van der Waals surface area contributed by atoms with Gasteiger partial charge in [-0.05, 0) is 81.8 Å². The number of nitrogens with zero attached hydrogens (tertiary/aromatic N) is 4. The predicted molar refractivity (Wildman–Crippen MR) is 284 cm³/mol. The van der Waals surface area contributed by atoms with Gasteiger partial charge in [-0.25, -0.2) is 0 Å². The average molecular weight is 1100 g/mol. The largest absolute Gasteiger partial charge is 0.501 e. The van der Waals surface area contributed by atoms with Gasteiger partial charge in [0.2, 0.25) is 0 Å². The summed E-state index contributed by atoms with van der Waals surface area (Å²) in [5.74, 6) is -5.55. The first-order chi connectivity index (χ1) is 39.8. The molecule has 0 fully saturated rings. The van der Waals surface area contributed by atoms with Crippen molar-refractivity contribution in [2.45, 2.75) is 85.6 Å². The number of hydrogen-bond donors (Lipinski definition) is 0. The van der Waals surface area contributed by atoms with E-state index in [1.54, 1.807) is 42.5 Å². The molecule has 0 N–H and O–H groups in total. The second kappa shape index (κ2) is 19.6. The fourth-order valence-corrected chi connectivity index (χ4v) is 9.14. The molecule has 3 heterocycles. The van der Waals surface area contributed by atoms with E-state index in [0.717, 1.165) is 67.1 Å². The Morgan fingerprint density at radius 3 is 1.74 bits per heavy atom. The molecular formula is C63H58IrN4O-2. The molecule has 11 rings (SSSR count). The van der Waals surface area contributed by atoms with Gasteiger partial charge in [0.25, 0.3) is 0 Å². The van der Waals surface area contributed by atoms with Gasteiger partial charge >= 0.3 is 0 Å². The van der Waals surface area contributed by atoms with Crippen molar-refractivity contribution in [2.24, 2.45) is 0 Å². The van der Waals surface area contributed by atoms with Crippen molar-refractivity contribution in [1.82, 2.24) is 19.1 Å². The number of aromatic nitrogens is 4. The Labute approximate surface area is 444 Å². The number of imidazole rings is 2. The average Bonchev–Trinajstić information content (AvgIpc) is 0.909. The monoisotopic (exact) mass is 1100 g/mol. The summed E-state index contributed by atoms with van der Waals surface area (Å²) in [6, 6.07) is 54.0. The summed E-state index contributed by atoms with van der Waals surface area (Å²) in [6.07, 6.45) is 0. The summed E-state index contributed by atoms with van der Waals surface area (Å²) in [5, 5.41) is 2.20. The molecule has 0 aliphatic heterocycles. The van der Waals surface area contributed by atoms with Crippen LogP contribution in [0.4, 0.5) is 0 Å². The van der Waals surface area contributed by atoms with Crippen LogP contribution in [0.3, 0.4) is 0 Å². The third-order valence-corrected chi connectivity index (χ3v) is 12.3. The number of para-hydroxylation sites is 7. The molecule has 0 atom stereocenters. The molecule has 0 saturated carbocycles. The van der Waals surface area contributed by atoms with Crippen LogP contribution in [-0.4, -0.2) is 19.1 Å². The summed E-state index contributed by atoms with van der Waals surface area (Å²) in [4.78, 5) is 9.84. The van der Waals surface area contributed by atoms with Gasteiger partial charge < -0.3 is 13.6 Å². The van der Waals surface area contributed by atoms with Crippen LogP contribution in [0.15, 0.2) is 168 Å². The van der Waals surface area contributed by atoms with Crippen LogP contribution in [0.5, 0.6) is 0 Å². The first-order valence-corrected chi connectivity index (χ1v) is 22.5. The second-order valence-electron chi connectivity index (χ2n) is 17.3. The van der Waals surface area contributed by atoms with Crippen LogP contribution in [0.1, 0.15) is 130 Å². The van der Waals surface area contributed by atoms with Crippen LogP contribution in [0.25, 0.3) is 89.3 Å². The molecule has 0 aliphatic carbocycles. The molecular weight excluding hydrogens is 1020 g/mol. The normalized spacial score (nSPS) is 16.5. The molecule has 0 unspecified atom stereocenters. The van der Waals surface area contributed by atoms with Crippen LogP contribution in [-0.2, 0) is 20.1 Å². The van der Waals surface area contributed by atoms with Crippen LogP contribution >= 0.6 is 0 Å². The molecule has 69 heavy (non-hydrogen) atoms. The zero-order chi connectivity index (χ0) is 61.6. The first kappa shape index (κ1) is 30.6. The molecule has 6 heteroatoms. The maximum atomic E-state index is 9.18. The Balaban J connectivity index is 0.000000218. The van der Waals surface area contributed by atoms with Crippen molar-refractivity contribution in [1.29, 1.82) is 0 Å². The van der Waals surface area contributed by atoms with Crippen molar-refractivity contribution >= 4 is 44.0 Å². The van der Waals surface area contributed by atoms with Gasteiger partial charge in [-0.2, -0.15) is 0 Å². The van der Waals surface area contributed by atoms with E-state index in [4.69, 9.17) is 30.0 Å². The molecule has 5 nitrogen and oxygen atoms in total. The third kappa shape index (κ3) is 8.66. The molecule has 0 spiro atoms. The van der Waals surface area contributed by atoms with Gasteiger partial charge in [0.05, 0.1) is 39.3 Å². The van der Waals surface area contributed by atoms with Crippen molar-refractivity contribution in [3.8, 4) is 45.3 Å². The number of hydrogen-bond acceptors (Lipinski definition) is 3. The fourth-order valence-electron chi connectivity index (χ4n) is 9.14. The Morgan fingerprint density at radius 1 is 0.565 bits per heavy atom. The maximum Gasteiger partial charge on any atom is 0.120 e. The minimum Gasteiger partial charge on any atom is -0.501 e. The summed E-state index contributed by atoms with van der Waals surface area (Å²) < 4.78 is 152. The molecule has 0 aliphatic rings. The Morgan fingerprint density at radius 2 is 1.12 bits per heavy atom. The van der Waals surface area contributed by atoms with E-state index in [9.17, 15) is 2.74 Å². The van der Waals surface area contributed by atoms with E-state index in [2.05, 4.69) is 104 Å². The zero-order valence-corrected chi connectivity index (χ0v) is 40.7. The van der Waals surface area contributed by atoms with E-state index in [1.807, 2.05) is 24.3 Å². The van der Waals surface area contributed by atoms with Crippen molar-refractivity contribution in [3.63, 3.8) is 0 Å². The van der Waals surface area contributed by atoms with Gasteiger partial charge in [-0.1, -0.05) is 188 Å². The van der Waals surface area contributed by atoms with Gasteiger partial charge in [0.15, 0.2) is 0 Å². The van der Waals surface area contributed by atoms with Crippen molar-refractivity contribution in [3.05, 3.63) is 204 Å². The smallest absolute Gasteiger partial charge is 0.120 e. The minimum atomic E-state index is -3.61. The second-order valence-corrected chi connectivity index (χ2v) is 17.3. The van der Waals surface area contributed by atoms with Crippen molar-refractivity contribution in [2.75, 3.05) is 0 Å². The SMILES string of the molecule is CC(C)c1cccc(C(C)C)c1-n1c(-c2[c-]ccc3c2oc2ccccc23)nc2ccccc21.[2H]C([2H])([2H])c1c[c-]c(-c2nc3ccccc3n2-c2c(C([2H])(C([2H])([2H])[2H])C([2H])([2H])[2H])cccc2C([2H])(C([2H])([2H])[2H])C([2H])([2H])[2H])cc1-c1ccccc1.[Ir]. The van der Waals surface area contributed by atoms with E-state index in [1.165, 1.54) is 41.1 Å². The third-order valence-electron chi connectivity index (χ3n) is 12.3. The number of benzene rings is 8. The van der Waals surface area contributed by atoms with Gasteiger partial charge in [0, 0.05) is 60.2 Å². The molecule has 0 saturated heterocycles. The number of furan rings is 1. The Kier molecular flexibility index (Phi) is 8.71. The first-order valence-electron chi connectivity index (χ1n) is 31.0. The molecule has 0 bridgehead atoms. The molecule has 3 aromatic heterocycles. The van der Waals surface area contributed by atoms with E-state index < -0.39 is 62.9 Å². The van der Waals surface area contributed by atoms with Crippen molar-refractivity contribution < 1.29 is 47.8 Å². The van der Waals surface area contributed by atoms with Crippen LogP contribution < -0.4 is 0 Å². The molecule has 347 valence electrons. The molecule has 0 amide bonds. The van der Waals surface area contributed by atoms with E-state index in [-0.39, 0.29) is 53.7 Å². The predicted octanol–water partition coefficient (Wildman–Crippen LogP) is 17.4. The summed E-state index contributed by atoms with van der Waals surface area (Å²) in [6.45, 7) is -8.01. The number of rotatable bonds is 9. The van der Waals surface area contributed by atoms with Gasteiger partial charge in [-0.3, -0.25) is 9.97 Å². The molecule has 11 aromatic rings. The quantitative estimate of drug-likeness (QED) is 0.135. The summed E-state index contributed by atoms with van der Waals surface area (Å²) >= 11 is 0. The van der Waals surface area contributed by atoms with Gasteiger partial charge in [0.1, 0.15) is 5.58 Å². The Hall–Kier alpha value is -6.85. The summed E-state index contributed by atoms with van der Waals surface area (Å²) in [5.41, 5.74) is 7.23. The van der Waals surface area contributed by atoms with Crippen LogP contribution in [0.2, 0.25) is 0 Å². The molecule has 8 aromatic carbocycles. The maximum absolute atomic E-state index is 9.18. The number of fused-ring (bicyclic) bond motifs is 5. The van der Waals surface area contributed by atoms with Gasteiger partial charge in [-0.15, -0.1) is 47.5 Å². The van der Waals surface area contributed by atoms with Crippen LogP contribution in [0, 0.1) is 19.0 Å². The van der Waals surface area contributed by atoms with E-state index in [0.29, 0.717) is 17.4 Å². The standard InChI is InChI=1S/C32H31N2.C31H27N2O.Ir/c1-21(2)26-14-11-15-27(22(3)4)31(26)34-30-17-10-9-16-29(30)33-32(34)25-19-18-23(5)28(20-25)24-12-7-6-8-13-24;1-19(2)21-12-9-13-22(20(3)4)29(21)33-27-17-7-6-16-26(27)32-31(33)25-15-10-14-24-23-11-5-8-18-28(23)34-30(24)25;/h6-18,20-22H,1-5H3;5-14,16-20H,1-4H3;/q2*-1;/i1D3,2D3,3D3,4D3,5D3,21D,22D;;. The minimum absolute atomic E-state index is 0. The summed E-state index contributed by atoms with van der Waals surface area (Å²) in [7, 11) is 0. The molecule has 1 radical (unpaired) electrons. The number of aryl methyl sites for hydroxylation is 1. The fraction of sp³-hybridized carbons (Fsp3) is 0.206. The Bertz CT molecular complexity index is 4190.